The summed E-state index contributed by atoms with van der Waals surface area (Å²) in [7, 11) is 0. The molecule has 0 bridgehead atoms. The maximum Gasteiger partial charge on any atom is 0.0724 e. The van der Waals surface area contributed by atoms with Gasteiger partial charge in [0.05, 0.1) is 6.04 Å². The molecule has 1 atom stereocenters. The van der Waals surface area contributed by atoms with Crippen LogP contribution >= 0.6 is 27.5 Å². The number of hydrogen-bond donors (Lipinski definition) is 2. The van der Waals surface area contributed by atoms with Crippen molar-refractivity contribution in [3.63, 3.8) is 0 Å². The van der Waals surface area contributed by atoms with Crippen LogP contribution in [0.3, 0.4) is 0 Å². The Labute approximate surface area is 137 Å². The number of nitrogens with two attached hydrogens (primary N) is 1. The smallest absolute Gasteiger partial charge is 0.0724 e. The average molecular weight is 362 g/mol. The summed E-state index contributed by atoms with van der Waals surface area (Å²) in [6.45, 7) is 0. The third kappa shape index (κ3) is 2.97. The molecule has 0 aliphatic carbocycles. The van der Waals surface area contributed by atoms with Crippen molar-refractivity contribution in [2.45, 2.75) is 6.04 Å². The van der Waals surface area contributed by atoms with Gasteiger partial charge in [0.15, 0.2) is 0 Å². The summed E-state index contributed by atoms with van der Waals surface area (Å²) in [5, 5.41) is 3.07. The molecule has 3 rings (SSSR count). The molecule has 0 aliphatic rings. The predicted molar refractivity (Wildman–Crippen MR) is 92.3 cm³/mol. The van der Waals surface area contributed by atoms with Gasteiger partial charge in [0.2, 0.25) is 0 Å². The summed E-state index contributed by atoms with van der Waals surface area (Å²) in [4.78, 5) is 0. The first-order valence-electron chi connectivity index (χ1n) is 6.59. The molecule has 0 fully saturated rings. The molecule has 0 saturated carbocycles. The Morgan fingerprint density at radius 2 is 1.71 bits per heavy atom. The molecule has 4 heteroatoms. The fourth-order valence-electron chi connectivity index (χ4n) is 2.49. The van der Waals surface area contributed by atoms with Gasteiger partial charge in [-0.15, -0.1) is 0 Å². The highest BCUT2D eigenvalue weighted by molar-refractivity contribution is 9.10. The van der Waals surface area contributed by atoms with Gasteiger partial charge in [-0.3, -0.25) is 5.84 Å². The van der Waals surface area contributed by atoms with Crippen molar-refractivity contribution in [2.24, 2.45) is 5.84 Å². The molecule has 0 aliphatic heterocycles. The van der Waals surface area contributed by atoms with E-state index in [0.29, 0.717) is 5.02 Å². The third-order valence-electron chi connectivity index (χ3n) is 3.55. The van der Waals surface area contributed by atoms with E-state index >= 15 is 0 Å². The molecule has 106 valence electrons. The van der Waals surface area contributed by atoms with Gasteiger partial charge in [-0.1, -0.05) is 70.0 Å². The van der Waals surface area contributed by atoms with E-state index in [1.54, 1.807) is 0 Å². The molecule has 3 N–H and O–H groups in total. The largest absolute Gasteiger partial charge is 0.271 e. The van der Waals surface area contributed by atoms with E-state index in [1.807, 2.05) is 30.3 Å². The Morgan fingerprint density at radius 1 is 0.952 bits per heavy atom. The van der Waals surface area contributed by atoms with Gasteiger partial charge in [0.1, 0.15) is 0 Å². The van der Waals surface area contributed by atoms with Crippen molar-refractivity contribution >= 4 is 38.3 Å². The van der Waals surface area contributed by atoms with E-state index in [9.17, 15) is 0 Å². The first-order valence-corrected chi connectivity index (χ1v) is 7.76. The highest BCUT2D eigenvalue weighted by atomic mass is 79.9. The van der Waals surface area contributed by atoms with Crippen molar-refractivity contribution in [3.05, 3.63) is 81.3 Å². The van der Waals surface area contributed by atoms with Crippen LogP contribution in [0.5, 0.6) is 0 Å². The SMILES string of the molecule is NNC(c1ccc2ccccc2c1)c1ccc(Br)cc1Cl. The Bertz CT molecular complexity index is 789. The van der Waals surface area contributed by atoms with Crippen molar-refractivity contribution in [3.8, 4) is 0 Å². The summed E-state index contributed by atoms with van der Waals surface area (Å²) >= 11 is 9.77. The highest BCUT2D eigenvalue weighted by Crippen LogP contribution is 2.31. The van der Waals surface area contributed by atoms with Gasteiger partial charge in [-0.05, 0) is 40.1 Å². The number of hydrogen-bond acceptors (Lipinski definition) is 2. The molecule has 0 radical (unpaired) electrons. The number of benzene rings is 3. The van der Waals surface area contributed by atoms with Crippen molar-refractivity contribution in [1.82, 2.24) is 5.43 Å². The van der Waals surface area contributed by atoms with Crippen LogP contribution in [0.2, 0.25) is 5.02 Å². The second-order valence-corrected chi connectivity index (χ2v) is 6.19. The molecule has 3 aromatic rings. The van der Waals surface area contributed by atoms with Gasteiger partial charge in [-0.25, -0.2) is 5.43 Å². The van der Waals surface area contributed by atoms with Gasteiger partial charge in [-0.2, -0.15) is 0 Å². The van der Waals surface area contributed by atoms with Crippen LogP contribution in [-0.2, 0) is 0 Å². The zero-order valence-electron chi connectivity index (χ0n) is 11.2. The van der Waals surface area contributed by atoms with E-state index in [1.165, 1.54) is 10.8 Å². The summed E-state index contributed by atoms with van der Waals surface area (Å²) in [5.41, 5.74) is 4.90. The number of hydrazine groups is 1. The maximum atomic E-state index is 6.35. The highest BCUT2D eigenvalue weighted by Gasteiger charge is 2.16. The van der Waals surface area contributed by atoms with Crippen LogP contribution in [0.4, 0.5) is 0 Å². The molecule has 0 saturated heterocycles. The van der Waals surface area contributed by atoms with Crippen LogP contribution in [0.25, 0.3) is 10.8 Å². The molecule has 0 aromatic heterocycles. The summed E-state index contributed by atoms with van der Waals surface area (Å²) in [6, 6.07) is 20.2. The molecular formula is C17H14BrClN2. The zero-order valence-corrected chi connectivity index (χ0v) is 13.5. The second kappa shape index (κ2) is 6.16. The van der Waals surface area contributed by atoms with Crippen molar-refractivity contribution < 1.29 is 0 Å². The molecule has 21 heavy (non-hydrogen) atoms. The second-order valence-electron chi connectivity index (χ2n) is 4.87. The quantitative estimate of drug-likeness (QED) is 0.519. The lowest BCUT2D eigenvalue weighted by Gasteiger charge is -2.19. The summed E-state index contributed by atoms with van der Waals surface area (Å²) in [5.74, 6) is 5.77. The van der Waals surface area contributed by atoms with Gasteiger partial charge in [0.25, 0.3) is 0 Å². The van der Waals surface area contributed by atoms with Crippen LogP contribution < -0.4 is 11.3 Å². The fourth-order valence-corrected chi connectivity index (χ4v) is 3.27. The third-order valence-corrected chi connectivity index (χ3v) is 4.37. The van der Waals surface area contributed by atoms with Gasteiger partial charge in [0, 0.05) is 9.50 Å². The van der Waals surface area contributed by atoms with E-state index in [2.05, 4.69) is 51.7 Å². The molecule has 3 aromatic carbocycles. The average Bonchev–Trinajstić information content (AvgIpc) is 2.50. The lowest BCUT2D eigenvalue weighted by Crippen LogP contribution is -2.29. The zero-order chi connectivity index (χ0) is 14.8. The van der Waals surface area contributed by atoms with Crippen LogP contribution in [-0.4, -0.2) is 0 Å². The van der Waals surface area contributed by atoms with E-state index in [-0.39, 0.29) is 6.04 Å². The minimum Gasteiger partial charge on any atom is -0.271 e. The maximum absolute atomic E-state index is 6.35. The molecular weight excluding hydrogens is 348 g/mol. The summed E-state index contributed by atoms with van der Waals surface area (Å²) in [6.07, 6.45) is 0. The first-order chi connectivity index (χ1) is 10.2. The lowest BCUT2D eigenvalue weighted by molar-refractivity contribution is 0.637. The van der Waals surface area contributed by atoms with Crippen molar-refractivity contribution in [2.75, 3.05) is 0 Å². The number of nitrogens with one attached hydrogen (secondary N) is 1. The molecule has 0 amide bonds. The van der Waals surface area contributed by atoms with Crippen LogP contribution in [0.15, 0.2) is 65.1 Å². The van der Waals surface area contributed by atoms with Crippen LogP contribution in [0.1, 0.15) is 17.2 Å². The number of fused-ring (bicyclic) bond motifs is 1. The molecule has 1 unspecified atom stereocenters. The molecule has 0 heterocycles. The summed E-state index contributed by atoms with van der Waals surface area (Å²) < 4.78 is 0.950. The van der Waals surface area contributed by atoms with Gasteiger partial charge >= 0.3 is 0 Å². The predicted octanol–water partition coefficient (Wildman–Crippen LogP) is 4.81. The number of rotatable bonds is 3. The lowest BCUT2D eigenvalue weighted by atomic mass is 9.97. The van der Waals surface area contributed by atoms with E-state index < -0.39 is 0 Å². The monoisotopic (exact) mass is 360 g/mol. The Hall–Kier alpha value is -1.39. The van der Waals surface area contributed by atoms with Gasteiger partial charge < -0.3 is 0 Å². The Balaban J connectivity index is 2.09. The first kappa shape index (κ1) is 14.5. The normalized spacial score (nSPS) is 12.5. The minimum absolute atomic E-state index is 0.143. The van der Waals surface area contributed by atoms with Crippen LogP contribution in [0, 0.1) is 0 Å². The minimum atomic E-state index is -0.143. The molecule has 0 spiro atoms. The Morgan fingerprint density at radius 3 is 2.43 bits per heavy atom. The standard InChI is InChI=1S/C17H14BrClN2/c18-14-7-8-15(16(19)10-14)17(21-20)13-6-5-11-3-1-2-4-12(11)9-13/h1-10,17,21H,20H2. The van der Waals surface area contributed by atoms with E-state index in [0.717, 1.165) is 15.6 Å². The topological polar surface area (TPSA) is 38.0 Å². The van der Waals surface area contributed by atoms with Crippen molar-refractivity contribution in [1.29, 1.82) is 0 Å². The Kier molecular flexibility index (Phi) is 4.27. The van der Waals surface area contributed by atoms with E-state index in [4.69, 9.17) is 17.4 Å². The molecule has 2 nitrogen and oxygen atoms in total. The fraction of sp³-hybridized carbons (Fsp3) is 0.0588. The number of halogens is 2.